The van der Waals surface area contributed by atoms with E-state index in [0.29, 0.717) is 10.6 Å². The minimum Gasteiger partial charge on any atom is -0.348 e. The van der Waals surface area contributed by atoms with Crippen molar-refractivity contribution in [2.75, 3.05) is 6.54 Å². The van der Waals surface area contributed by atoms with Gasteiger partial charge in [-0.3, -0.25) is 4.79 Å². The van der Waals surface area contributed by atoms with E-state index < -0.39 is 15.9 Å². The van der Waals surface area contributed by atoms with Crippen molar-refractivity contribution in [3.63, 3.8) is 0 Å². The van der Waals surface area contributed by atoms with Gasteiger partial charge in [0.05, 0.1) is 17.5 Å². The average Bonchev–Trinajstić information content (AvgIpc) is 2.74. The molecule has 3 rings (SSSR count). The van der Waals surface area contributed by atoms with E-state index in [4.69, 9.17) is 11.6 Å². The van der Waals surface area contributed by atoms with Gasteiger partial charge in [-0.2, -0.15) is 4.31 Å². The Morgan fingerprint density at radius 3 is 2.34 bits per heavy atom. The summed E-state index contributed by atoms with van der Waals surface area (Å²) in [6, 6.07) is 20.9. The molecule has 0 spiro atoms. The van der Waals surface area contributed by atoms with Crippen molar-refractivity contribution in [2.45, 2.75) is 31.3 Å². The zero-order chi connectivity index (χ0) is 23.3. The van der Waals surface area contributed by atoms with Gasteiger partial charge in [0.2, 0.25) is 15.9 Å². The van der Waals surface area contributed by atoms with E-state index in [0.717, 1.165) is 15.6 Å². The third-order valence-corrected chi connectivity index (χ3v) is 7.54. The lowest BCUT2D eigenvalue weighted by Crippen LogP contribution is -2.41. The van der Waals surface area contributed by atoms with Gasteiger partial charge in [-0.1, -0.05) is 69.5 Å². The Kier molecular flexibility index (Phi) is 8.11. The molecular weight excluding hydrogens is 512 g/mol. The van der Waals surface area contributed by atoms with Crippen LogP contribution in [0.4, 0.5) is 0 Å². The molecule has 0 saturated carbocycles. The van der Waals surface area contributed by atoms with Crippen LogP contribution in [0.25, 0.3) is 0 Å². The fourth-order valence-electron chi connectivity index (χ4n) is 3.21. The van der Waals surface area contributed by atoms with E-state index in [-0.39, 0.29) is 24.0 Å². The van der Waals surface area contributed by atoms with E-state index in [2.05, 4.69) is 21.2 Å². The molecule has 0 aromatic heterocycles. The van der Waals surface area contributed by atoms with Gasteiger partial charge >= 0.3 is 0 Å². The standard InChI is InChI=1S/C24H24BrClN2O3S/c1-17-6-12-23(13-7-17)32(30,31)28(15-19-4-3-5-22(26)14-19)16-24(29)27-18(2)20-8-10-21(25)11-9-20/h3-14,18H,15-16H2,1-2H3,(H,27,29). The number of carbonyl (C=O) groups is 1. The predicted molar refractivity (Wildman–Crippen MR) is 131 cm³/mol. The first-order chi connectivity index (χ1) is 15.1. The van der Waals surface area contributed by atoms with Gasteiger partial charge in [0.1, 0.15) is 0 Å². The van der Waals surface area contributed by atoms with E-state index in [9.17, 15) is 13.2 Å². The lowest BCUT2D eigenvalue weighted by atomic mass is 10.1. The zero-order valence-electron chi connectivity index (χ0n) is 17.8. The van der Waals surface area contributed by atoms with Gasteiger partial charge in [-0.25, -0.2) is 8.42 Å². The fourth-order valence-corrected chi connectivity index (χ4v) is 5.07. The Morgan fingerprint density at radius 2 is 1.72 bits per heavy atom. The predicted octanol–water partition coefficient (Wildman–Crippen LogP) is 5.48. The number of sulfonamides is 1. The van der Waals surface area contributed by atoms with Crippen molar-refractivity contribution in [2.24, 2.45) is 0 Å². The number of hydrogen-bond donors (Lipinski definition) is 1. The third kappa shape index (κ3) is 6.42. The first kappa shape index (κ1) is 24.5. The van der Waals surface area contributed by atoms with Crippen molar-refractivity contribution in [1.82, 2.24) is 9.62 Å². The summed E-state index contributed by atoms with van der Waals surface area (Å²) in [5.41, 5.74) is 2.57. The molecule has 1 N–H and O–H groups in total. The molecule has 0 saturated heterocycles. The highest BCUT2D eigenvalue weighted by molar-refractivity contribution is 9.10. The summed E-state index contributed by atoms with van der Waals surface area (Å²) in [6.45, 7) is 3.45. The molecule has 3 aromatic rings. The van der Waals surface area contributed by atoms with E-state index in [1.807, 2.05) is 38.1 Å². The van der Waals surface area contributed by atoms with Gasteiger partial charge in [0.25, 0.3) is 0 Å². The molecule has 3 aromatic carbocycles. The van der Waals surface area contributed by atoms with E-state index in [1.54, 1.807) is 48.5 Å². The summed E-state index contributed by atoms with van der Waals surface area (Å²) in [6.07, 6.45) is 0. The van der Waals surface area contributed by atoms with Crippen molar-refractivity contribution in [1.29, 1.82) is 0 Å². The lowest BCUT2D eigenvalue weighted by molar-refractivity contribution is -0.122. The quantitative estimate of drug-likeness (QED) is 0.415. The van der Waals surface area contributed by atoms with Gasteiger partial charge < -0.3 is 5.32 Å². The highest BCUT2D eigenvalue weighted by Gasteiger charge is 2.27. The molecule has 5 nitrogen and oxygen atoms in total. The summed E-state index contributed by atoms with van der Waals surface area (Å²) >= 11 is 9.47. The zero-order valence-corrected chi connectivity index (χ0v) is 20.9. The summed E-state index contributed by atoms with van der Waals surface area (Å²) in [5, 5.41) is 3.39. The van der Waals surface area contributed by atoms with Crippen molar-refractivity contribution >= 4 is 43.5 Å². The van der Waals surface area contributed by atoms with Crippen LogP contribution in [0.5, 0.6) is 0 Å². The first-order valence-corrected chi connectivity index (χ1v) is 12.6. The van der Waals surface area contributed by atoms with Gasteiger partial charge in [0.15, 0.2) is 0 Å². The first-order valence-electron chi connectivity index (χ1n) is 10.0. The maximum absolute atomic E-state index is 13.4. The largest absolute Gasteiger partial charge is 0.348 e. The Balaban J connectivity index is 1.83. The van der Waals surface area contributed by atoms with Crippen LogP contribution in [0.3, 0.4) is 0 Å². The molecule has 0 aliphatic carbocycles. The average molecular weight is 536 g/mol. The molecule has 0 bridgehead atoms. The Morgan fingerprint density at radius 1 is 1.06 bits per heavy atom. The maximum Gasteiger partial charge on any atom is 0.243 e. The van der Waals surface area contributed by atoms with Crippen LogP contribution in [-0.4, -0.2) is 25.2 Å². The Hall–Kier alpha value is -2.19. The Bertz CT molecular complexity index is 1180. The Labute approximate surface area is 202 Å². The van der Waals surface area contributed by atoms with E-state index >= 15 is 0 Å². The molecule has 1 amide bonds. The number of carbonyl (C=O) groups excluding carboxylic acids is 1. The summed E-state index contributed by atoms with van der Waals surface area (Å²) in [7, 11) is -3.91. The number of nitrogens with zero attached hydrogens (tertiary/aromatic N) is 1. The van der Waals surface area contributed by atoms with Crippen LogP contribution in [0.15, 0.2) is 82.2 Å². The van der Waals surface area contributed by atoms with Crippen LogP contribution in [0, 0.1) is 6.92 Å². The number of aryl methyl sites for hydroxylation is 1. The molecule has 168 valence electrons. The number of amides is 1. The molecule has 0 aliphatic rings. The number of halogens is 2. The number of rotatable bonds is 8. The number of nitrogens with one attached hydrogen (secondary N) is 1. The smallest absolute Gasteiger partial charge is 0.243 e. The van der Waals surface area contributed by atoms with Crippen molar-refractivity contribution in [3.8, 4) is 0 Å². The molecule has 1 unspecified atom stereocenters. The molecular formula is C24H24BrClN2O3S. The summed E-state index contributed by atoms with van der Waals surface area (Å²) < 4.78 is 28.9. The fraction of sp³-hybridized carbons (Fsp3) is 0.208. The highest BCUT2D eigenvalue weighted by Crippen LogP contribution is 2.21. The molecule has 0 fully saturated rings. The van der Waals surface area contributed by atoms with Gasteiger partial charge in [-0.15, -0.1) is 0 Å². The molecule has 0 heterocycles. The van der Waals surface area contributed by atoms with Crippen molar-refractivity contribution < 1.29 is 13.2 Å². The second kappa shape index (κ2) is 10.6. The minimum atomic E-state index is -3.91. The van der Waals surface area contributed by atoms with Gasteiger partial charge in [0, 0.05) is 16.0 Å². The summed E-state index contributed by atoms with van der Waals surface area (Å²) in [4.78, 5) is 13.0. The van der Waals surface area contributed by atoms with Gasteiger partial charge in [-0.05, 0) is 61.4 Å². The van der Waals surface area contributed by atoms with Crippen LogP contribution >= 0.6 is 27.5 Å². The van der Waals surface area contributed by atoms with Crippen LogP contribution in [0.1, 0.15) is 29.7 Å². The minimum absolute atomic E-state index is 0.0247. The van der Waals surface area contributed by atoms with E-state index in [1.165, 1.54) is 4.31 Å². The third-order valence-electron chi connectivity index (χ3n) is 4.97. The topological polar surface area (TPSA) is 66.5 Å². The van der Waals surface area contributed by atoms with Crippen LogP contribution in [-0.2, 0) is 21.4 Å². The van der Waals surface area contributed by atoms with Crippen molar-refractivity contribution in [3.05, 3.63) is 99.0 Å². The monoisotopic (exact) mass is 534 g/mol. The second-order valence-corrected chi connectivity index (χ2v) is 10.8. The molecule has 8 heteroatoms. The number of hydrogen-bond acceptors (Lipinski definition) is 3. The lowest BCUT2D eigenvalue weighted by Gasteiger charge is -2.23. The van der Waals surface area contributed by atoms with Crippen LogP contribution in [0.2, 0.25) is 5.02 Å². The normalized spacial score (nSPS) is 12.5. The second-order valence-electron chi connectivity index (χ2n) is 7.56. The molecule has 0 radical (unpaired) electrons. The molecule has 0 aliphatic heterocycles. The highest BCUT2D eigenvalue weighted by atomic mass is 79.9. The summed E-state index contributed by atoms with van der Waals surface area (Å²) in [5.74, 6) is -0.391. The van der Waals surface area contributed by atoms with Crippen LogP contribution < -0.4 is 5.32 Å². The number of benzene rings is 3. The SMILES string of the molecule is Cc1ccc(S(=O)(=O)N(CC(=O)NC(C)c2ccc(Br)cc2)Cc2cccc(Cl)c2)cc1. The molecule has 32 heavy (non-hydrogen) atoms. The maximum atomic E-state index is 13.4. The molecule has 1 atom stereocenters.